The quantitative estimate of drug-likeness (QED) is 0.875. The second-order valence-electron chi connectivity index (χ2n) is 6.38. The van der Waals surface area contributed by atoms with Gasteiger partial charge in [0, 0.05) is 18.0 Å². The van der Waals surface area contributed by atoms with Crippen LogP contribution in [0.5, 0.6) is 0 Å². The molecule has 0 saturated heterocycles. The monoisotopic (exact) mass is 291 g/mol. The summed E-state index contributed by atoms with van der Waals surface area (Å²) < 4.78 is 5.86. The number of rotatable bonds is 6. The van der Waals surface area contributed by atoms with Crippen LogP contribution in [0.1, 0.15) is 56.1 Å². The van der Waals surface area contributed by atoms with Gasteiger partial charge in [-0.1, -0.05) is 13.8 Å². The lowest BCUT2D eigenvalue weighted by atomic mass is 9.85. The summed E-state index contributed by atoms with van der Waals surface area (Å²) in [5.41, 5.74) is 3.75. The van der Waals surface area contributed by atoms with Gasteiger partial charge in [0.25, 0.3) is 0 Å². The average molecular weight is 291 g/mol. The summed E-state index contributed by atoms with van der Waals surface area (Å²) in [7, 11) is 2.03. The molecule has 1 N–H and O–H groups in total. The molecule has 0 amide bonds. The molecule has 4 nitrogen and oxygen atoms in total. The topological polar surface area (TPSA) is 47.0 Å². The van der Waals surface area contributed by atoms with Crippen LogP contribution < -0.4 is 5.32 Å². The molecule has 1 aromatic rings. The Morgan fingerprint density at radius 1 is 1.33 bits per heavy atom. The number of fused-ring (bicyclic) bond motifs is 1. The first-order chi connectivity index (χ1) is 10.1. The van der Waals surface area contributed by atoms with Crippen LogP contribution in [0.3, 0.4) is 0 Å². The highest BCUT2D eigenvalue weighted by Crippen LogP contribution is 2.29. The minimum absolute atomic E-state index is 0.00836. The Hall–Kier alpha value is -1.00. The van der Waals surface area contributed by atoms with E-state index in [0.29, 0.717) is 18.4 Å². The van der Waals surface area contributed by atoms with Crippen molar-refractivity contribution in [3.63, 3.8) is 0 Å². The first-order valence-electron chi connectivity index (χ1n) is 8.19. The van der Waals surface area contributed by atoms with E-state index in [0.717, 1.165) is 30.9 Å². The van der Waals surface area contributed by atoms with Gasteiger partial charge in [-0.05, 0) is 64.1 Å². The Balaban J connectivity index is 2.27. The maximum absolute atomic E-state index is 5.86. The van der Waals surface area contributed by atoms with E-state index in [1.165, 1.54) is 17.7 Å². The highest BCUT2D eigenvalue weighted by molar-refractivity contribution is 5.28. The third-order valence-corrected chi connectivity index (χ3v) is 4.30. The van der Waals surface area contributed by atoms with Gasteiger partial charge in [0.2, 0.25) is 0 Å². The van der Waals surface area contributed by atoms with Crippen molar-refractivity contribution >= 4 is 0 Å². The van der Waals surface area contributed by atoms with Crippen LogP contribution in [0.4, 0.5) is 0 Å². The summed E-state index contributed by atoms with van der Waals surface area (Å²) in [5.74, 6) is 1.97. The number of hydrogen-bond donors (Lipinski definition) is 1. The molecule has 1 heterocycles. The van der Waals surface area contributed by atoms with E-state index >= 15 is 0 Å². The summed E-state index contributed by atoms with van der Waals surface area (Å²) in [5, 5.41) is 3.29. The molecule has 2 atom stereocenters. The number of nitrogens with one attached hydrogen (secondary N) is 1. The van der Waals surface area contributed by atoms with Crippen LogP contribution in [0.2, 0.25) is 0 Å². The van der Waals surface area contributed by atoms with Crippen LogP contribution >= 0.6 is 0 Å². The van der Waals surface area contributed by atoms with Crippen LogP contribution in [0.15, 0.2) is 0 Å². The Morgan fingerprint density at radius 2 is 2.10 bits per heavy atom. The third-order valence-electron chi connectivity index (χ3n) is 4.30. The lowest BCUT2D eigenvalue weighted by molar-refractivity contribution is 0.0228. The highest BCUT2D eigenvalue weighted by Gasteiger charge is 2.25. The number of aromatic nitrogens is 2. The predicted octanol–water partition coefficient (Wildman–Crippen LogP) is 2.84. The summed E-state index contributed by atoms with van der Waals surface area (Å²) >= 11 is 0. The van der Waals surface area contributed by atoms with Crippen LogP contribution in [0, 0.1) is 18.8 Å². The maximum Gasteiger partial charge on any atom is 0.157 e. The fourth-order valence-electron chi connectivity index (χ4n) is 3.22. The molecule has 1 aliphatic rings. The Kier molecular flexibility index (Phi) is 5.71. The smallest absolute Gasteiger partial charge is 0.157 e. The lowest BCUT2D eigenvalue weighted by Crippen LogP contribution is -2.27. The van der Waals surface area contributed by atoms with Gasteiger partial charge < -0.3 is 10.1 Å². The minimum Gasteiger partial charge on any atom is -0.370 e. The van der Waals surface area contributed by atoms with Gasteiger partial charge in [0.1, 0.15) is 6.10 Å². The normalized spacial score (nSPS) is 19.6. The second-order valence-corrected chi connectivity index (χ2v) is 6.38. The molecule has 0 aromatic carbocycles. The van der Waals surface area contributed by atoms with Crippen molar-refractivity contribution in [2.75, 3.05) is 20.2 Å². The highest BCUT2D eigenvalue weighted by atomic mass is 16.5. The Labute approximate surface area is 128 Å². The van der Waals surface area contributed by atoms with E-state index in [4.69, 9.17) is 14.7 Å². The maximum atomic E-state index is 5.86. The molecule has 0 radical (unpaired) electrons. The van der Waals surface area contributed by atoms with Crippen molar-refractivity contribution in [2.24, 2.45) is 11.8 Å². The largest absolute Gasteiger partial charge is 0.370 e. The molecule has 118 valence electrons. The molecule has 0 fully saturated rings. The van der Waals surface area contributed by atoms with E-state index in [-0.39, 0.29) is 6.10 Å². The molecule has 1 aliphatic carbocycles. The minimum atomic E-state index is 0.00836. The molecular weight excluding hydrogens is 262 g/mol. The zero-order valence-electron chi connectivity index (χ0n) is 14.1. The molecule has 2 rings (SSSR count). The molecule has 0 bridgehead atoms. The summed E-state index contributed by atoms with van der Waals surface area (Å²) in [6, 6.07) is 0. The molecule has 0 saturated carbocycles. The Morgan fingerprint density at radius 3 is 2.71 bits per heavy atom. The zero-order valence-corrected chi connectivity index (χ0v) is 14.1. The van der Waals surface area contributed by atoms with E-state index in [2.05, 4.69) is 26.1 Å². The van der Waals surface area contributed by atoms with Crippen molar-refractivity contribution in [3.05, 3.63) is 22.8 Å². The predicted molar refractivity (Wildman–Crippen MR) is 85.4 cm³/mol. The fraction of sp³-hybridized carbons (Fsp3) is 0.765. The van der Waals surface area contributed by atoms with Crippen molar-refractivity contribution in [1.29, 1.82) is 0 Å². The molecule has 2 unspecified atom stereocenters. The van der Waals surface area contributed by atoms with E-state index < -0.39 is 0 Å². The van der Waals surface area contributed by atoms with Crippen LogP contribution in [-0.4, -0.2) is 30.2 Å². The third kappa shape index (κ3) is 3.80. The van der Waals surface area contributed by atoms with Crippen molar-refractivity contribution < 1.29 is 4.74 Å². The van der Waals surface area contributed by atoms with Crippen molar-refractivity contribution in [1.82, 2.24) is 15.3 Å². The molecule has 0 spiro atoms. The number of aryl methyl sites for hydroxylation is 2. The van der Waals surface area contributed by atoms with Gasteiger partial charge >= 0.3 is 0 Å². The Bertz CT molecular complexity index is 473. The fourth-order valence-corrected chi connectivity index (χ4v) is 3.22. The molecular formula is C17H29N3O. The average Bonchev–Trinajstić information content (AvgIpc) is 2.45. The van der Waals surface area contributed by atoms with Gasteiger partial charge in [-0.3, -0.25) is 0 Å². The van der Waals surface area contributed by atoms with Gasteiger partial charge in [0.15, 0.2) is 5.82 Å². The van der Waals surface area contributed by atoms with Gasteiger partial charge in [-0.15, -0.1) is 0 Å². The number of ether oxygens (including phenoxy) is 1. The van der Waals surface area contributed by atoms with E-state index in [1.54, 1.807) is 0 Å². The van der Waals surface area contributed by atoms with Crippen LogP contribution in [0.25, 0.3) is 0 Å². The first-order valence-corrected chi connectivity index (χ1v) is 8.19. The molecule has 1 aromatic heterocycles. The summed E-state index contributed by atoms with van der Waals surface area (Å²) in [6.07, 6.45) is 3.39. The van der Waals surface area contributed by atoms with Gasteiger partial charge in [0.05, 0.1) is 0 Å². The van der Waals surface area contributed by atoms with E-state index in [1.807, 2.05) is 14.0 Å². The van der Waals surface area contributed by atoms with E-state index in [9.17, 15) is 0 Å². The van der Waals surface area contributed by atoms with Crippen molar-refractivity contribution in [3.8, 4) is 0 Å². The summed E-state index contributed by atoms with van der Waals surface area (Å²) in [4.78, 5) is 9.62. The first kappa shape index (κ1) is 16.4. The zero-order chi connectivity index (χ0) is 15.4. The lowest BCUT2D eigenvalue weighted by Gasteiger charge is -2.27. The van der Waals surface area contributed by atoms with Gasteiger partial charge in [-0.25, -0.2) is 9.97 Å². The van der Waals surface area contributed by atoms with Crippen LogP contribution in [-0.2, 0) is 17.6 Å². The summed E-state index contributed by atoms with van der Waals surface area (Å²) in [6.45, 7) is 10.3. The van der Waals surface area contributed by atoms with Crippen molar-refractivity contribution in [2.45, 2.75) is 53.1 Å². The number of hydrogen-bond acceptors (Lipinski definition) is 4. The molecule has 0 aliphatic heterocycles. The molecule has 21 heavy (non-hydrogen) atoms. The number of nitrogens with zero attached hydrogens (tertiary/aromatic N) is 2. The second kappa shape index (κ2) is 7.32. The molecule has 4 heteroatoms. The SMILES string of the molecule is CCOC(c1nc(C)c2c(n1)CCC(CNC)C2)C(C)C. The standard InChI is InChI=1S/C17H29N3O/c1-6-21-16(11(2)3)17-19-12(4)14-9-13(10-18-5)7-8-15(14)20-17/h11,13,16,18H,6-10H2,1-5H3. The van der Waals surface area contributed by atoms with Gasteiger partial charge in [-0.2, -0.15) is 0 Å².